The van der Waals surface area contributed by atoms with Crippen molar-refractivity contribution in [3.63, 3.8) is 0 Å². The van der Waals surface area contributed by atoms with Crippen molar-refractivity contribution in [1.82, 2.24) is 0 Å². The number of rotatable bonds is 4. The van der Waals surface area contributed by atoms with E-state index in [0.717, 1.165) is 17.2 Å². The third kappa shape index (κ3) is 3.16. The normalized spacial score (nSPS) is 27.8. The molecule has 1 heteroatoms. The van der Waals surface area contributed by atoms with E-state index in [0.29, 0.717) is 0 Å². The smallest absolute Gasteiger partial charge is 0.120 e. The van der Waals surface area contributed by atoms with Gasteiger partial charge in [0.05, 0.1) is 0 Å². The number of benzene rings is 1. The van der Waals surface area contributed by atoms with E-state index in [1.54, 1.807) is 0 Å². The first-order chi connectivity index (χ1) is 8.65. The molecule has 0 amide bonds. The van der Waals surface area contributed by atoms with Crippen molar-refractivity contribution in [2.24, 2.45) is 5.92 Å². The van der Waals surface area contributed by atoms with Crippen LogP contribution in [0.25, 0.3) is 6.08 Å². The minimum atomic E-state index is 0.0291. The summed E-state index contributed by atoms with van der Waals surface area (Å²) in [6.45, 7) is 8.31. The van der Waals surface area contributed by atoms with Gasteiger partial charge in [-0.05, 0) is 56.2 Å². The molecule has 1 aliphatic carbocycles. The highest BCUT2D eigenvalue weighted by Gasteiger charge is 2.32. The fourth-order valence-electron chi connectivity index (χ4n) is 2.76. The van der Waals surface area contributed by atoms with E-state index >= 15 is 0 Å². The maximum Gasteiger partial charge on any atom is 0.120 e. The van der Waals surface area contributed by atoms with Gasteiger partial charge in [0.15, 0.2) is 0 Å². The average Bonchev–Trinajstić information content (AvgIpc) is 2.40. The molecule has 0 aromatic heterocycles. The van der Waals surface area contributed by atoms with Gasteiger partial charge < -0.3 is 4.74 Å². The summed E-state index contributed by atoms with van der Waals surface area (Å²) in [6.07, 6.45) is 8.13. The lowest BCUT2D eigenvalue weighted by molar-refractivity contribution is 0.0321. The van der Waals surface area contributed by atoms with E-state index in [1.807, 2.05) is 18.2 Å². The third-order valence-corrected chi connectivity index (χ3v) is 4.22. The van der Waals surface area contributed by atoms with Crippen molar-refractivity contribution in [3.05, 3.63) is 36.4 Å². The van der Waals surface area contributed by atoms with Crippen molar-refractivity contribution in [2.75, 3.05) is 0 Å². The van der Waals surface area contributed by atoms with Crippen molar-refractivity contribution in [3.8, 4) is 5.75 Å². The van der Waals surface area contributed by atoms with Crippen LogP contribution in [0.3, 0.4) is 0 Å². The minimum absolute atomic E-state index is 0.0291. The molecule has 1 nitrogen and oxygen atoms in total. The lowest BCUT2D eigenvalue weighted by Gasteiger charge is -2.37. The lowest BCUT2D eigenvalue weighted by atomic mass is 9.79. The largest absolute Gasteiger partial charge is 0.488 e. The summed E-state index contributed by atoms with van der Waals surface area (Å²) in [7, 11) is 0. The zero-order valence-corrected chi connectivity index (χ0v) is 11.6. The topological polar surface area (TPSA) is 9.23 Å². The van der Waals surface area contributed by atoms with Crippen LogP contribution in [-0.4, -0.2) is 5.60 Å². The number of hydrogen-bond donors (Lipinski definition) is 0. The molecule has 0 N–H and O–H groups in total. The van der Waals surface area contributed by atoms with Crippen molar-refractivity contribution in [2.45, 2.75) is 51.6 Å². The summed E-state index contributed by atoms with van der Waals surface area (Å²) in [5.74, 6) is 1.89. The van der Waals surface area contributed by atoms with Crippen molar-refractivity contribution < 1.29 is 4.74 Å². The van der Waals surface area contributed by atoms with Crippen molar-refractivity contribution in [1.29, 1.82) is 0 Å². The first kappa shape index (κ1) is 13.2. The van der Waals surface area contributed by atoms with Crippen LogP contribution in [0.15, 0.2) is 30.8 Å². The zero-order valence-electron chi connectivity index (χ0n) is 11.6. The molecule has 0 saturated heterocycles. The highest BCUT2D eigenvalue weighted by molar-refractivity contribution is 5.48. The Morgan fingerprint density at radius 2 is 1.89 bits per heavy atom. The zero-order chi connectivity index (χ0) is 13.0. The van der Waals surface area contributed by atoms with Gasteiger partial charge in [-0.1, -0.05) is 38.1 Å². The Kier molecular flexibility index (Phi) is 4.11. The molecule has 0 spiro atoms. The van der Waals surface area contributed by atoms with E-state index < -0.39 is 0 Å². The molecule has 1 fully saturated rings. The highest BCUT2D eigenvalue weighted by Crippen LogP contribution is 2.36. The summed E-state index contributed by atoms with van der Waals surface area (Å²) in [4.78, 5) is 0. The Morgan fingerprint density at radius 3 is 2.39 bits per heavy atom. The predicted molar refractivity (Wildman–Crippen MR) is 77.8 cm³/mol. The molecule has 0 aliphatic heterocycles. The molecule has 0 unspecified atom stereocenters. The molecule has 0 atom stereocenters. The lowest BCUT2D eigenvalue weighted by Crippen LogP contribution is -2.36. The third-order valence-electron chi connectivity index (χ3n) is 4.22. The molecule has 1 saturated carbocycles. The Morgan fingerprint density at radius 1 is 1.28 bits per heavy atom. The Labute approximate surface area is 111 Å². The van der Waals surface area contributed by atoms with Crippen LogP contribution in [0.5, 0.6) is 5.75 Å². The van der Waals surface area contributed by atoms with Gasteiger partial charge in [0.2, 0.25) is 0 Å². The monoisotopic (exact) mass is 244 g/mol. The summed E-state index contributed by atoms with van der Waals surface area (Å²) in [5.41, 5.74) is 1.17. The first-order valence-electron chi connectivity index (χ1n) is 7.07. The van der Waals surface area contributed by atoms with Crippen LogP contribution in [0.1, 0.15) is 51.5 Å². The van der Waals surface area contributed by atoms with Gasteiger partial charge in [0, 0.05) is 0 Å². The van der Waals surface area contributed by atoms with Crippen LogP contribution in [-0.2, 0) is 0 Å². The van der Waals surface area contributed by atoms with Crippen molar-refractivity contribution >= 4 is 6.08 Å². The summed E-state index contributed by atoms with van der Waals surface area (Å²) >= 11 is 0. The Balaban J connectivity index is 1.97. The van der Waals surface area contributed by atoms with Gasteiger partial charge in [-0.2, -0.15) is 0 Å². The quantitative estimate of drug-likeness (QED) is 0.718. The SMILES string of the molecule is C=Cc1ccc(OC2(C)CCC(CC)CC2)cc1. The molecule has 0 bridgehead atoms. The van der Waals surface area contributed by atoms with Crippen LogP contribution in [0.2, 0.25) is 0 Å². The summed E-state index contributed by atoms with van der Waals surface area (Å²) in [6, 6.07) is 8.22. The fraction of sp³-hybridized carbons (Fsp3) is 0.529. The maximum absolute atomic E-state index is 6.20. The molecule has 1 aromatic carbocycles. The molecule has 1 aliphatic rings. The molecular formula is C17H24O. The van der Waals surface area contributed by atoms with Crippen LogP contribution < -0.4 is 4.74 Å². The molecule has 0 heterocycles. The van der Waals surface area contributed by atoms with E-state index in [4.69, 9.17) is 4.74 Å². The van der Waals surface area contributed by atoms with Gasteiger partial charge in [-0.3, -0.25) is 0 Å². The summed E-state index contributed by atoms with van der Waals surface area (Å²) < 4.78 is 6.20. The Hall–Kier alpha value is -1.24. The Bertz CT molecular complexity index is 383. The van der Waals surface area contributed by atoms with E-state index in [2.05, 4.69) is 32.6 Å². The molecule has 98 valence electrons. The fourth-order valence-corrected chi connectivity index (χ4v) is 2.76. The highest BCUT2D eigenvalue weighted by atomic mass is 16.5. The standard InChI is InChI=1S/C17H24O/c1-4-14-6-8-16(9-7-14)18-17(3)12-10-15(5-2)11-13-17/h4,6-9,15H,1,5,10-13H2,2-3H3. The molecule has 18 heavy (non-hydrogen) atoms. The number of hydrogen-bond acceptors (Lipinski definition) is 1. The second-order valence-corrected chi connectivity index (χ2v) is 5.68. The van der Waals surface area contributed by atoms with Gasteiger partial charge >= 0.3 is 0 Å². The second kappa shape index (κ2) is 5.60. The predicted octanol–water partition coefficient (Wildman–Crippen LogP) is 5.07. The van der Waals surface area contributed by atoms with Crippen LogP contribution in [0.4, 0.5) is 0 Å². The van der Waals surface area contributed by atoms with Crippen LogP contribution in [0, 0.1) is 5.92 Å². The second-order valence-electron chi connectivity index (χ2n) is 5.68. The van der Waals surface area contributed by atoms with E-state index in [-0.39, 0.29) is 5.60 Å². The summed E-state index contributed by atoms with van der Waals surface area (Å²) in [5, 5.41) is 0. The molecule has 1 aromatic rings. The number of ether oxygens (including phenoxy) is 1. The van der Waals surface area contributed by atoms with Gasteiger partial charge in [-0.15, -0.1) is 0 Å². The van der Waals surface area contributed by atoms with E-state index in [9.17, 15) is 0 Å². The van der Waals surface area contributed by atoms with Gasteiger partial charge in [0.1, 0.15) is 11.4 Å². The average molecular weight is 244 g/mol. The maximum atomic E-state index is 6.20. The molecular weight excluding hydrogens is 220 g/mol. The molecule has 2 rings (SSSR count). The molecule has 0 radical (unpaired) electrons. The van der Waals surface area contributed by atoms with Gasteiger partial charge in [0.25, 0.3) is 0 Å². The van der Waals surface area contributed by atoms with Gasteiger partial charge in [-0.25, -0.2) is 0 Å². The first-order valence-corrected chi connectivity index (χ1v) is 7.07. The van der Waals surface area contributed by atoms with E-state index in [1.165, 1.54) is 32.1 Å². The van der Waals surface area contributed by atoms with Crippen LogP contribution >= 0.6 is 0 Å². The minimum Gasteiger partial charge on any atom is -0.488 e.